The third-order valence-corrected chi connectivity index (χ3v) is 5.56. The summed E-state index contributed by atoms with van der Waals surface area (Å²) in [6.45, 7) is 8.86. The van der Waals surface area contributed by atoms with Crippen molar-refractivity contribution >= 4 is 31.1 Å². The van der Waals surface area contributed by atoms with Gasteiger partial charge >= 0.3 is 26.2 Å². The minimum atomic E-state index is 0. The van der Waals surface area contributed by atoms with E-state index in [9.17, 15) is 0 Å². The molecule has 175 valence electrons. The predicted molar refractivity (Wildman–Crippen MR) is 141 cm³/mol. The number of fused-ring (bicyclic) bond motifs is 2. The van der Waals surface area contributed by atoms with Crippen molar-refractivity contribution in [1.29, 1.82) is 0 Å². The van der Waals surface area contributed by atoms with Crippen LogP contribution in [0.3, 0.4) is 0 Å². The summed E-state index contributed by atoms with van der Waals surface area (Å²) < 4.78 is 0. The minimum Gasteiger partial charge on any atom is -1.00 e. The first kappa shape index (κ1) is 32.6. The van der Waals surface area contributed by atoms with Crippen LogP contribution < -0.4 is 24.8 Å². The Morgan fingerprint density at radius 3 is 1.76 bits per heavy atom. The predicted octanol–water partition coefficient (Wildman–Crippen LogP) is 2.30. The zero-order valence-electron chi connectivity index (χ0n) is 20.4. The van der Waals surface area contributed by atoms with Gasteiger partial charge in [0.2, 0.25) is 0 Å². The zero-order chi connectivity index (χ0) is 22.1. The van der Waals surface area contributed by atoms with Gasteiger partial charge in [-0.2, -0.15) is 17.2 Å². The molecule has 1 atom stereocenters. The van der Waals surface area contributed by atoms with Crippen molar-refractivity contribution in [2.45, 2.75) is 39.3 Å². The van der Waals surface area contributed by atoms with Gasteiger partial charge in [0, 0.05) is 9.52 Å². The van der Waals surface area contributed by atoms with E-state index in [1.165, 1.54) is 38.2 Å². The summed E-state index contributed by atoms with van der Waals surface area (Å²) in [5.74, 6) is 0.567. The molecule has 0 aliphatic heterocycles. The first-order chi connectivity index (χ1) is 15.1. The molecular weight excluding hydrogens is 551 g/mol. The zero-order valence-corrected chi connectivity index (χ0v) is 25.6. The molecule has 0 aromatic heterocycles. The van der Waals surface area contributed by atoms with Gasteiger partial charge < -0.3 is 24.8 Å². The molecule has 0 N–H and O–H groups in total. The maximum atomic E-state index is 2.30. The third-order valence-electron chi connectivity index (χ3n) is 5.56. The Labute approximate surface area is 239 Å². The van der Waals surface area contributed by atoms with Gasteiger partial charge in [-0.3, -0.25) is 0 Å². The van der Waals surface area contributed by atoms with E-state index in [1.54, 1.807) is 0 Å². The van der Waals surface area contributed by atoms with Gasteiger partial charge in [-0.15, -0.1) is 76.1 Å². The molecule has 0 aliphatic rings. The maximum Gasteiger partial charge on any atom is 4.00 e. The van der Waals surface area contributed by atoms with Gasteiger partial charge in [0.15, 0.2) is 0 Å². The molecule has 34 heavy (non-hydrogen) atoms. The van der Waals surface area contributed by atoms with Crippen LogP contribution in [0.5, 0.6) is 0 Å². The Hall–Kier alpha value is -1.44. The molecule has 0 spiro atoms. The van der Waals surface area contributed by atoms with E-state index in [0.717, 1.165) is 15.9 Å². The number of halogens is 2. The van der Waals surface area contributed by atoms with Crippen LogP contribution in [-0.4, -0.2) is 9.52 Å². The van der Waals surface area contributed by atoms with Crippen LogP contribution in [0.4, 0.5) is 0 Å². The molecular formula is C30H33Cl2SiZr. The maximum absolute atomic E-state index is 2.30. The van der Waals surface area contributed by atoms with Crippen LogP contribution in [0, 0.1) is 6.92 Å². The van der Waals surface area contributed by atoms with E-state index >= 15 is 0 Å². The molecule has 0 saturated heterocycles. The van der Waals surface area contributed by atoms with Gasteiger partial charge in [-0.25, -0.2) is 0 Å². The SMILES string of the molecule is CC(Cc1c[cH-]c2ccccc12)c1ccccc1.C[SiH]C.Cc1c[cH-]c2ccccc12.[Cl-].[Cl-].[Zr+4]. The smallest absolute Gasteiger partial charge is 1.00 e. The summed E-state index contributed by atoms with van der Waals surface area (Å²) in [7, 11) is 0.750. The second-order valence-corrected chi connectivity index (χ2v) is 9.30. The fourth-order valence-electron chi connectivity index (χ4n) is 3.93. The molecule has 5 aromatic rings. The van der Waals surface area contributed by atoms with Gasteiger partial charge in [-0.1, -0.05) is 75.8 Å². The summed E-state index contributed by atoms with van der Waals surface area (Å²) in [6.07, 6.45) is 1.11. The Kier molecular flexibility index (Phi) is 16.3. The Balaban J connectivity index is 0.000000585. The van der Waals surface area contributed by atoms with Crippen LogP contribution in [0.1, 0.15) is 29.5 Å². The molecule has 0 saturated carbocycles. The Morgan fingerprint density at radius 1 is 0.706 bits per heavy atom. The Morgan fingerprint density at radius 2 is 1.18 bits per heavy atom. The van der Waals surface area contributed by atoms with Crippen molar-refractivity contribution in [3.8, 4) is 0 Å². The summed E-state index contributed by atoms with van der Waals surface area (Å²) in [6, 6.07) is 36.6. The van der Waals surface area contributed by atoms with Crippen molar-refractivity contribution in [1.82, 2.24) is 0 Å². The Bertz CT molecular complexity index is 1190. The normalized spacial score (nSPS) is 10.4. The standard InChI is InChI=1S/C18H17.C10H9.C2H7Si.2ClH.Zr/c1-14(15-7-3-2-4-8-15)13-17-12-11-16-9-5-6-10-18(16)17;1-8-6-7-9-4-2-3-5-10(8)9;1-3-2;;;/h2-12,14H,13H2,1H3;2-7H,1H3;3H,1-2H3;2*1H;/q2*-1;;;;+4/p-2. The monoisotopic (exact) mass is 581 g/mol. The summed E-state index contributed by atoms with van der Waals surface area (Å²) in [5.41, 5.74) is 4.25. The van der Waals surface area contributed by atoms with Gasteiger partial charge in [0.05, 0.1) is 0 Å². The minimum absolute atomic E-state index is 0. The van der Waals surface area contributed by atoms with E-state index in [2.05, 4.69) is 130 Å². The van der Waals surface area contributed by atoms with Crippen LogP contribution in [0.25, 0.3) is 21.5 Å². The number of rotatable bonds is 3. The summed E-state index contributed by atoms with van der Waals surface area (Å²) >= 11 is 0. The van der Waals surface area contributed by atoms with Crippen molar-refractivity contribution in [2.24, 2.45) is 0 Å². The molecule has 5 aromatic carbocycles. The molecule has 4 heteroatoms. The quantitative estimate of drug-likeness (QED) is 0.226. The second kappa shape index (κ2) is 17.1. The average molecular weight is 584 g/mol. The third kappa shape index (κ3) is 8.97. The molecule has 0 fully saturated rings. The van der Waals surface area contributed by atoms with Crippen LogP contribution >= 0.6 is 0 Å². The van der Waals surface area contributed by atoms with E-state index in [1.807, 2.05) is 0 Å². The van der Waals surface area contributed by atoms with E-state index in [-0.39, 0.29) is 51.0 Å². The fraction of sp³-hybridized carbons (Fsp3) is 0.200. The average Bonchev–Trinajstić information content (AvgIpc) is 3.39. The molecule has 5 rings (SSSR count). The van der Waals surface area contributed by atoms with Crippen molar-refractivity contribution < 1.29 is 51.0 Å². The largest absolute Gasteiger partial charge is 4.00 e. The topological polar surface area (TPSA) is 0 Å². The van der Waals surface area contributed by atoms with Crippen LogP contribution in [0.15, 0.2) is 103 Å². The molecule has 0 heterocycles. The van der Waals surface area contributed by atoms with Crippen molar-refractivity contribution in [3.05, 3.63) is 120 Å². The van der Waals surface area contributed by atoms with Crippen molar-refractivity contribution in [3.63, 3.8) is 0 Å². The molecule has 0 bridgehead atoms. The van der Waals surface area contributed by atoms with E-state index < -0.39 is 0 Å². The summed E-state index contributed by atoms with van der Waals surface area (Å²) in [4.78, 5) is 0. The first-order valence-corrected chi connectivity index (χ1v) is 13.5. The van der Waals surface area contributed by atoms with Gasteiger partial charge in [0.25, 0.3) is 0 Å². The van der Waals surface area contributed by atoms with Crippen LogP contribution in [-0.2, 0) is 32.6 Å². The number of hydrogen-bond donors (Lipinski definition) is 0. The van der Waals surface area contributed by atoms with Crippen molar-refractivity contribution in [2.75, 3.05) is 0 Å². The van der Waals surface area contributed by atoms with E-state index in [0.29, 0.717) is 5.92 Å². The molecule has 0 amide bonds. The molecule has 1 radical (unpaired) electrons. The molecule has 0 nitrogen and oxygen atoms in total. The summed E-state index contributed by atoms with van der Waals surface area (Å²) in [5, 5.41) is 5.48. The second-order valence-electron chi connectivity index (χ2n) is 8.14. The number of aryl methyl sites for hydroxylation is 1. The fourth-order valence-corrected chi connectivity index (χ4v) is 3.93. The first-order valence-electron chi connectivity index (χ1n) is 11.2. The van der Waals surface area contributed by atoms with E-state index in [4.69, 9.17) is 0 Å². The van der Waals surface area contributed by atoms with Crippen LogP contribution in [0.2, 0.25) is 13.1 Å². The molecule has 0 aliphatic carbocycles. The van der Waals surface area contributed by atoms with Gasteiger partial charge in [0.1, 0.15) is 0 Å². The number of hydrogen-bond acceptors (Lipinski definition) is 0. The van der Waals surface area contributed by atoms with Gasteiger partial charge in [-0.05, 0) is 11.5 Å². The number of benzene rings is 3. The molecule has 1 unspecified atom stereocenters.